The lowest BCUT2D eigenvalue weighted by Crippen LogP contribution is -2.28. The van der Waals surface area contributed by atoms with E-state index in [1.807, 2.05) is 6.92 Å². The third-order valence-electron chi connectivity index (χ3n) is 3.58. The van der Waals surface area contributed by atoms with Crippen LogP contribution in [0.1, 0.15) is 26.3 Å². The molecule has 24 heavy (non-hydrogen) atoms. The summed E-state index contributed by atoms with van der Waals surface area (Å²) in [5.74, 6) is -1.52. The van der Waals surface area contributed by atoms with Crippen LogP contribution in [-0.4, -0.2) is 25.0 Å². The lowest BCUT2D eigenvalue weighted by Gasteiger charge is -2.12. The second-order valence-corrected chi connectivity index (χ2v) is 5.29. The average Bonchev–Trinajstić information content (AvgIpc) is 2.53. The van der Waals surface area contributed by atoms with Gasteiger partial charge in [0, 0.05) is 10.9 Å². The molecule has 1 unspecified atom stereocenters. The minimum Gasteiger partial charge on any atom is -0.490 e. The molecule has 0 N–H and O–H groups in total. The van der Waals surface area contributed by atoms with Gasteiger partial charge in [0.05, 0.1) is 13.2 Å². The average molecular weight is 332 g/mol. The largest absolute Gasteiger partial charge is 0.490 e. The maximum Gasteiger partial charge on any atom is 0.339 e. The first-order valence-electron chi connectivity index (χ1n) is 7.83. The zero-order chi connectivity index (χ0) is 17.7. The molecule has 2 rings (SSSR count). The minimum absolute atomic E-state index is 0.0503. The summed E-state index contributed by atoms with van der Waals surface area (Å²) < 4.78 is 15.7. The van der Waals surface area contributed by atoms with Gasteiger partial charge in [-0.15, -0.1) is 0 Å². The number of esters is 1. The van der Waals surface area contributed by atoms with Gasteiger partial charge in [0.25, 0.3) is 0 Å². The van der Waals surface area contributed by atoms with Gasteiger partial charge in [0.15, 0.2) is 11.3 Å². The fraction of sp³-hybridized carbons (Fsp3) is 0.389. The number of carbonyl (C=O) groups excluding carboxylic acids is 2. The Labute approximate surface area is 139 Å². The fourth-order valence-electron chi connectivity index (χ4n) is 2.43. The van der Waals surface area contributed by atoms with E-state index >= 15 is 0 Å². The first kappa shape index (κ1) is 17.7. The smallest absolute Gasteiger partial charge is 0.339 e. The van der Waals surface area contributed by atoms with E-state index in [1.165, 1.54) is 6.92 Å². The molecule has 1 aromatic heterocycles. The van der Waals surface area contributed by atoms with Crippen LogP contribution in [-0.2, 0) is 20.7 Å². The molecule has 0 amide bonds. The lowest BCUT2D eigenvalue weighted by molar-refractivity contribution is -0.151. The molecule has 1 heterocycles. The normalized spacial score (nSPS) is 12.0. The third-order valence-corrected chi connectivity index (χ3v) is 3.58. The Balaban J connectivity index is 2.42. The molecule has 0 aliphatic heterocycles. The van der Waals surface area contributed by atoms with Gasteiger partial charge < -0.3 is 13.9 Å². The van der Waals surface area contributed by atoms with Crippen LogP contribution in [0.3, 0.4) is 0 Å². The van der Waals surface area contributed by atoms with Gasteiger partial charge in [-0.25, -0.2) is 4.79 Å². The summed E-state index contributed by atoms with van der Waals surface area (Å²) in [4.78, 5) is 35.9. The van der Waals surface area contributed by atoms with E-state index in [9.17, 15) is 14.4 Å². The molecule has 6 nitrogen and oxygen atoms in total. The van der Waals surface area contributed by atoms with E-state index in [1.54, 1.807) is 31.2 Å². The van der Waals surface area contributed by atoms with Crippen molar-refractivity contribution in [1.29, 1.82) is 0 Å². The molecule has 0 saturated heterocycles. The quantitative estimate of drug-likeness (QED) is 0.440. The highest BCUT2D eigenvalue weighted by Gasteiger charge is 2.26. The van der Waals surface area contributed by atoms with Crippen molar-refractivity contribution < 1.29 is 23.5 Å². The highest BCUT2D eigenvalue weighted by atomic mass is 16.5. The van der Waals surface area contributed by atoms with Gasteiger partial charge in [-0.1, -0.05) is 12.1 Å². The fourth-order valence-corrected chi connectivity index (χ4v) is 2.43. The molecule has 1 atom stereocenters. The minimum atomic E-state index is -1.01. The molecule has 0 radical (unpaired) electrons. The maximum atomic E-state index is 12.2. The Kier molecular flexibility index (Phi) is 5.73. The zero-order valence-corrected chi connectivity index (χ0v) is 14.0. The summed E-state index contributed by atoms with van der Waals surface area (Å²) >= 11 is 0. The number of Topliss-reactive ketones (excluding diaryl/α,β-unsaturated/α-hetero) is 1. The third kappa shape index (κ3) is 3.82. The van der Waals surface area contributed by atoms with Crippen molar-refractivity contribution >= 4 is 22.7 Å². The van der Waals surface area contributed by atoms with E-state index in [0.717, 1.165) is 0 Å². The molecule has 0 saturated carbocycles. The van der Waals surface area contributed by atoms with Crippen LogP contribution in [0.5, 0.6) is 5.75 Å². The van der Waals surface area contributed by atoms with Crippen LogP contribution in [0.15, 0.2) is 33.5 Å². The number of carbonyl (C=O) groups is 2. The van der Waals surface area contributed by atoms with E-state index in [0.29, 0.717) is 23.3 Å². The van der Waals surface area contributed by atoms with Crippen molar-refractivity contribution in [1.82, 2.24) is 0 Å². The maximum absolute atomic E-state index is 12.2. The van der Waals surface area contributed by atoms with Crippen molar-refractivity contribution in [3.8, 4) is 5.75 Å². The summed E-state index contributed by atoms with van der Waals surface area (Å²) in [7, 11) is 0. The van der Waals surface area contributed by atoms with E-state index in [2.05, 4.69) is 0 Å². The van der Waals surface area contributed by atoms with Crippen LogP contribution in [0.25, 0.3) is 11.0 Å². The molecule has 0 aliphatic rings. The van der Waals surface area contributed by atoms with Crippen LogP contribution in [0.4, 0.5) is 0 Å². The first-order valence-corrected chi connectivity index (χ1v) is 7.83. The number of para-hydroxylation sites is 1. The van der Waals surface area contributed by atoms with Gasteiger partial charge in [0.1, 0.15) is 11.7 Å². The Hall–Kier alpha value is -2.63. The molecule has 0 fully saturated rings. The Bertz CT molecular complexity index is 805. The second kappa shape index (κ2) is 7.77. The van der Waals surface area contributed by atoms with Crippen LogP contribution in [0, 0.1) is 5.92 Å². The summed E-state index contributed by atoms with van der Waals surface area (Å²) in [6.07, 6.45) is -0.0503. The monoisotopic (exact) mass is 332 g/mol. The summed E-state index contributed by atoms with van der Waals surface area (Å²) in [6.45, 7) is 5.42. The molecule has 0 aliphatic carbocycles. The van der Waals surface area contributed by atoms with E-state index in [-0.39, 0.29) is 24.4 Å². The molecule has 1 aromatic carbocycles. The van der Waals surface area contributed by atoms with Gasteiger partial charge in [-0.05, 0) is 39.3 Å². The number of hydrogen-bond acceptors (Lipinski definition) is 6. The molecular weight excluding hydrogens is 312 g/mol. The molecule has 0 bridgehead atoms. The standard InChI is InChI=1S/C18H20O6/c1-4-22-15-8-6-7-12-9-13(17(20)24-16(12)15)10-14(11(3)19)18(21)23-5-2/h6-9,14H,4-5,10H2,1-3H3. The number of ether oxygens (including phenoxy) is 2. The molecule has 128 valence electrons. The van der Waals surface area contributed by atoms with Gasteiger partial charge >= 0.3 is 11.6 Å². The van der Waals surface area contributed by atoms with Gasteiger partial charge in [-0.2, -0.15) is 0 Å². The number of hydrogen-bond donors (Lipinski definition) is 0. The number of rotatable bonds is 7. The van der Waals surface area contributed by atoms with E-state index < -0.39 is 17.5 Å². The summed E-state index contributed by atoms with van der Waals surface area (Å²) in [5, 5.41) is 0.668. The second-order valence-electron chi connectivity index (χ2n) is 5.29. The SMILES string of the molecule is CCOC(=O)C(Cc1cc2cccc(OCC)c2oc1=O)C(C)=O. The van der Waals surface area contributed by atoms with Crippen molar-refractivity contribution in [2.75, 3.05) is 13.2 Å². The number of fused-ring (bicyclic) bond motifs is 1. The Morgan fingerprint density at radius 1 is 1.21 bits per heavy atom. The van der Waals surface area contributed by atoms with Crippen LogP contribution in [0.2, 0.25) is 0 Å². The summed E-state index contributed by atoms with van der Waals surface area (Å²) in [6, 6.07) is 6.90. The highest BCUT2D eigenvalue weighted by molar-refractivity contribution is 5.98. The van der Waals surface area contributed by atoms with Crippen molar-refractivity contribution in [2.24, 2.45) is 5.92 Å². The van der Waals surface area contributed by atoms with Crippen molar-refractivity contribution in [3.05, 3.63) is 40.2 Å². The first-order chi connectivity index (χ1) is 11.5. The lowest BCUT2D eigenvalue weighted by atomic mass is 9.96. The van der Waals surface area contributed by atoms with Gasteiger partial charge in [0.2, 0.25) is 0 Å². The zero-order valence-electron chi connectivity index (χ0n) is 14.0. The predicted molar refractivity (Wildman–Crippen MR) is 88.2 cm³/mol. The Morgan fingerprint density at radius 3 is 2.58 bits per heavy atom. The van der Waals surface area contributed by atoms with E-state index in [4.69, 9.17) is 13.9 Å². The molecule has 0 spiro atoms. The summed E-state index contributed by atoms with van der Waals surface area (Å²) in [5.41, 5.74) is 0.0122. The van der Waals surface area contributed by atoms with Crippen molar-refractivity contribution in [2.45, 2.75) is 27.2 Å². The highest BCUT2D eigenvalue weighted by Crippen LogP contribution is 2.25. The molecule has 6 heteroatoms. The Morgan fingerprint density at radius 2 is 1.96 bits per heavy atom. The number of ketones is 1. The topological polar surface area (TPSA) is 82.8 Å². The molecule has 2 aromatic rings. The van der Waals surface area contributed by atoms with Crippen LogP contribution < -0.4 is 10.4 Å². The predicted octanol–water partition coefficient (Wildman–Crippen LogP) is 2.50. The number of benzene rings is 1. The molecular formula is C18H20O6. The van der Waals surface area contributed by atoms with Crippen molar-refractivity contribution in [3.63, 3.8) is 0 Å². The van der Waals surface area contributed by atoms with Gasteiger partial charge in [-0.3, -0.25) is 9.59 Å². The van der Waals surface area contributed by atoms with Crippen LogP contribution >= 0.6 is 0 Å².